The van der Waals surface area contributed by atoms with Crippen molar-refractivity contribution in [1.29, 1.82) is 0 Å². The molecule has 0 saturated carbocycles. The third-order valence-corrected chi connectivity index (χ3v) is 3.68. The van der Waals surface area contributed by atoms with E-state index < -0.39 is 30.0 Å². The van der Waals surface area contributed by atoms with Gasteiger partial charge in [-0.1, -0.05) is 24.3 Å². The Balaban J connectivity index is 2.21. The van der Waals surface area contributed by atoms with Gasteiger partial charge in [0.25, 0.3) is 5.56 Å². The summed E-state index contributed by atoms with van der Waals surface area (Å²) in [5.74, 6) is 0. The number of fused-ring (bicyclic) bond motifs is 1. The van der Waals surface area contributed by atoms with Gasteiger partial charge in [0.05, 0.1) is 16.6 Å². The maximum Gasteiger partial charge on any atom is 0.416 e. The zero-order valence-electron chi connectivity index (χ0n) is 12.9. The summed E-state index contributed by atoms with van der Waals surface area (Å²) in [6.45, 7) is -1.53. The SMILES string of the molecule is O=c1c(-c2ccc(C(F)(F)F)cc2)nc2ccccc2n1CC(F)(F)F. The maximum atomic E-state index is 12.9. The quantitative estimate of drug-likeness (QED) is 0.614. The van der Waals surface area contributed by atoms with Crippen LogP contribution in [-0.4, -0.2) is 15.7 Å². The second kappa shape index (κ2) is 6.15. The van der Waals surface area contributed by atoms with Crippen LogP contribution in [0.5, 0.6) is 0 Å². The molecule has 9 heteroatoms. The highest BCUT2D eigenvalue weighted by Crippen LogP contribution is 2.30. The lowest BCUT2D eigenvalue weighted by Gasteiger charge is -2.14. The predicted molar refractivity (Wildman–Crippen MR) is 82.5 cm³/mol. The van der Waals surface area contributed by atoms with Gasteiger partial charge in [0.1, 0.15) is 12.2 Å². The first-order valence-corrected chi connectivity index (χ1v) is 7.30. The smallest absolute Gasteiger partial charge is 0.296 e. The zero-order chi connectivity index (χ0) is 19.1. The molecule has 0 N–H and O–H groups in total. The minimum Gasteiger partial charge on any atom is -0.296 e. The number of hydrogen-bond donors (Lipinski definition) is 0. The Kier molecular flexibility index (Phi) is 4.25. The molecule has 0 aliphatic heterocycles. The molecule has 3 nitrogen and oxygen atoms in total. The van der Waals surface area contributed by atoms with E-state index in [4.69, 9.17) is 0 Å². The average Bonchev–Trinajstić information content (AvgIpc) is 2.55. The second-order valence-electron chi connectivity index (χ2n) is 5.53. The molecule has 0 fully saturated rings. The van der Waals surface area contributed by atoms with E-state index >= 15 is 0 Å². The average molecular weight is 372 g/mol. The summed E-state index contributed by atoms with van der Waals surface area (Å²) in [4.78, 5) is 16.6. The third kappa shape index (κ3) is 3.56. The van der Waals surface area contributed by atoms with Gasteiger partial charge in [-0.2, -0.15) is 26.3 Å². The summed E-state index contributed by atoms with van der Waals surface area (Å²) < 4.78 is 77.1. The van der Waals surface area contributed by atoms with Crippen molar-refractivity contribution in [3.05, 3.63) is 64.4 Å². The largest absolute Gasteiger partial charge is 0.416 e. The van der Waals surface area contributed by atoms with Crippen molar-refractivity contribution >= 4 is 11.0 Å². The molecule has 1 aromatic heterocycles. The molecule has 26 heavy (non-hydrogen) atoms. The van der Waals surface area contributed by atoms with Crippen molar-refractivity contribution in [1.82, 2.24) is 9.55 Å². The van der Waals surface area contributed by atoms with Gasteiger partial charge in [0.15, 0.2) is 0 Å². The van der Waals surface area contributed by atoms with Crippen LogP contribution in [0.3, 0.4) is 0 Å². The minimum atomic E-state index is -4.65. The lowest BCUT2D eigenvalue weighted by atomic mass is 10.1. The van der Waals surface area contributed by atoms with E-state index in [1.165, 1.54) is 24.3 Å². The van der Waals surface area contributed by atoms with Gasteiger partial charge < -0.3 is 0 Å². The molecule has 1 heterocycles. The first kappa shape index (κ1) is 18.0. The molecule has 0 unspecified atom stereocenters. The van der Waals surface area contributed by atoms with E-state index in [9.17, 15) is 31.1 Å². The molecule has 3 rings (SSSR count). The van der Waals surface area contributed by atoms with Crippen LogP contribution in [0.1, 0.15) is 5.56 Å². The number of hydrogen-bond acceptors (Lipinski definition) is 2. The lowest BCUT2D eigenvalue weighted by Crippen LogP contribution is -2.30. The molecule has 0 aliphatic carbocycles. The molecular weight excluding hydrogens is 362 g/mol. The van der Waals surface area contributed by atoms with Crippen LogP contribution < -0.4 is 5.56 Å². The van der Waals surface area contributed by atoms with Gasteiger partial charge in [-0.25, -0.2) is 4.98 Å². The van der Waals surface area contributed by atoms with Crippen molar-refractivity contribution in [2.24, 2.45) is 0 Å². The van der Waals surface area contributed by atoms with Gasteiger partial charge in [0, 0.05) is 5.56 Å². The van der Waals surface area contributed by atoms with Gasteiger partial charge in [-0.3, -0.25) is 9.36 Å². The van der Waals surface area contributed by atoms with Crippen LogP contribution in [0.15, 0.2) is 53.3 Å². The highest BCUT2D eigenvalue weighted by atomic mass is 19.4. The van der Waals surface area contributed by atoms with E-state index in [1.807, 2.05) is 0 Å². The van der Waals surface area contributed by atoms with Crippen LogP contribution in [0.4, 0.5) is 26.3 Å². The minimum absolute atomic E-state index is 0.00433. The molecule has 0 spiro atoms. The standard InChI is InChI=1S/C17H10F6N2O/c18-16(19,20)9-25-13-4-2-1-3-12(13)24-14(15(25)26)10-5-7-11(8-6-10)17(21,22)23/h1-8H,9H2. The van der Waals surface area contributed by atoms with Crippen LogP contribution in [-0.2, 0) is 12.7 Å². The number of aromatic nitrogens is 2. The van der Waals surface area contributed by atoms with Crippen LogP contribution >= 0.6 is 0 Å². The predicted octanol–water partition coefficient (Wildman–Crippen LogP) is 4.64. The van der Waals surface area contributed by atoms with Gasteiger partial charge >= 0.3 is 12.4 Å². The Bertz CT molecular complexity index is 1000. The van der Waals surface area contributed by atoms with Crippen molar-refractivity contribution < 1.29 is 26.3 Å². The van der Waals surface area contributed by atoms with Crippen molar-refractivity contribution in [3.63, 3.8) is 0 Å². The van der Waals surface area contributed by atoms with Crippen LogP contribution in [0.2, 0.25) is 0 Å². The fraction of sp³-hybridized carbons (Fsp3) is 0.176. The fourth-order valence-corrected chi connectivity index (χ4v) is 2.53. The van der Waals surface area contributed by atoms with E-state index in [2.05, 4.69) is 4.98 Å². The number of rotatable bonds is 2. The van der Waals surface area contributed by atoms with Gasteiger partial charge in [-0.15, -0.1) is 0 Å². The Labute approximate surface area is 142 Å². The number of alkyl halides is 6. The van der Waals surface area contributed by atoms with Crippen molar-refractivity contribution in [3.8, 4) is 11.3 Å². The molecule has 3 aromatic rings. The summed E-state index contributed by atoms with van der Waals surface area (Å²) in [6.07, 6.45) is -9.21. The van der Waals surface area contributed by atoms with E-state index in [1.54, 1.807) is 0 Å². The third-order valence-electron chi connectivity index (χ3n) is 3.68. The summed E-state index contributed by atoms with van der Waals surface area (Å²) in [7, 11) is 0. The topological polar surface area (TPSA) is 34.9 Å². The van der Waals surface area contributed by atoms with Crippen LogP contribution in [0, 0.1) is 0 Å². The maximum absolute atomic E-state index is 12.9. The molecule has 0 amide bonds. The number of nitrogens with zero attached hydrogens (tertiary/aromatic N) is 2. The second-order valence-corrected chi connectivity index (χ2v) is 5.53. The van der Waals surface area contributed by atoms with Gasteiger partial charge in [0.2, 0.25) is 0 Å². The Hall–Kier alpha value is -2.84. The Morgan fingerprint density at radius 2 is 1.50 bits per heavy atom. The normalized spacial score (nSPS) is 12.5. The number of para-hydroxylation sites is 2. The van der Waals surface area contributed by atoms with Gasteiger partial charge in [-0.05, 0) is 24.3 Å². The summed E-state index contributed by atoms with van der Waals surface area (Å²) in [5, 5.41) is 0. The molecular formula is C17H10F6N2O. The monoisotopic (exact) mass is 372 g/mol. The highest BCUT2D eigenvalue weighted by molar-refractivity contribution is 5.77. The summed E-state index contributed by atoms with van der Waals surface area (Å²) in [5.41, 5.74) is -2.18. The summed E-state index contributed by atoms with van der Waals surface area (Å²) in [6, 6.07) is 9.28. The first-order chi connectivity index (χ1) is 12.1. The van der Waals surface area contributed by atoms with E-state index in [0.29, 0.717) is 4.57 Å². The summed E-state index contributed by atoms with van der Waals surface area (Å²) >= 11 is 0. The van der Waals surface area contributed by atoms with Crippen LogP contribution in [0.25, 0.3) is 22.3 Å². The highest BCUT2D eigenvalue weighted by Gasteiger charge is 2.31. The lowest BCUT2D eigenvalue weighted by molar-refractivity contribution is -0.140. The molecule has 0 aliphatic rings. The van der Waals surface area contributed by atoms with Crippen molar-refractivity contribution in [2.45, 2.75) is 18.9 Å². The molecule has 2 aromatic carbocycles. The fourth-order valence-electron chi connectivity index (χ4n) is 2.53. The first-order valence-electron chi connectivity index (χ1n) is 7.30. The molecule has 0 atom stereocenters. The Morgan fingerprint density at radius 3 is 2.08 bits per heavy atom. The molecule has 0 bridgehead atoms. The molecule has 0 saturated heterocycles. The Morgan fingerprint density at radius 1 is 0.885 bits per heavy atom. The molecule has 0 radical (unpaired) electrons. The van der Waals surface area contributed by atoms with E-state index in [0.717, 1.165) is 24.3 Å². The number of halogens is 6. The molecule has 136 valence electrons. The van der Waals surface area contributed by atoms with Crippen molar-refractivity contribution in [2.75, 3.05) is 0 Å². The van der Waals surface area contributed by atoms with E-state index in [-0.39, 0.29) is 22.3 Å². The zero-order valence-corrected chi connectivity index (χ0v) is 12.9. The number of benzene rings is 2.